The van der Waals surface area contributed by atoms with Crippen LogP contribution >= 0.6 is 11.6 Å². The first-order chi connectivity index (χ1) is 12.5. The summed E-state index contributed by atoms with van der Waals surface area (Å²) in [5.41, 5.74) is 3.49. The number of hydrogen-bond donors (Lipinski definition) is 2. The highest BCUT2D eigenvalue weighted by Crippen LogP contribution is 2.31. The minimum atomic E-state index is -0.247. The largest absolute Gasteiger partial charge is 0.495 e. The molecule has 134 valence electrons. The van der Waals surface area contributed by atoms with E-state index in [2.05, 4.69) is 10.6 Å². The Balaban J connectivity index is 1.78. The number of hydrogen-bond acceptors (Lipinski definition) is 4. The van der Waals surface area contributed by atoms with Crippen molar-refractivity contribution in [2.75, 3.05) is 17.7 Å². The normalized spacial score (nSPS) is 13.7. The second-order valence-corrected chi connectivity index (χ2v) is 6.46. The van der Waals surface area contributed by atoms with E-state index in [1.54, 1.807) is 49.6 Å². The Labute approximate surface area is 157 Å². The van der Waals surface area contributed by atoms with E-state index >= 15 is 0 Å². The van der Waals surface area contributed by atoms with Crippen molar-refractivity contribution in [1.82, 2.24) is 0 Å². The summed E-state index contributed by atoms with van der Waals surface area (Å²) in [6.45, 7) is 1.82. The summed E-state index contributed by atoms with van der Waals surface area (Å²) in [6.07, 6.45) is 1.21. The standard InChI is InChI=1S/C20H19ClN2O3/c1-12-16(9-10-18(12)24)23-17-8-3-13(11-19(17)26-2)20(25)22-15-6-4-14(21)5-7-15/h3-8,11,23H,9-10H2,1-2H3,(H,22,25). The van der Waals surface area contributed by atoms with Gasteiger partial charge >= 0.3 is 0 Å². The Morgan fingerprint density at radius 3 is 2.46 bits per heavy atom. The molecule has 3 rings (SSSR count). The molecule has 0 saturated carbocycles. The van der Waals surface area contributed by atoms with Gasteiger partial charge in [-0.15, -0.1) is 0 Å². The van der Waals surface area contributed by atoms with Crippen molar-refractivity contribution in [1.29, 1.82) is 0 Å². The van der Waals surface area contributed by atoms with Crippen molar-refractivity contribution in [3.05, 3.63) is 64.3 Å². The number of amides is 1. The summed E-state index contributed by atoms with van der Waals surface area (Å²) in [7, 11) is 1.54. The minimum absolute atomic E-state index is 0.158. The topological polar surface area (TPSA) is 67.4 Å². The van der Waals surface area contributed by atoms with Crippen molar-refractivity contribution < 1.29 is 14.3 Å². The third-order valence-electron chi connectivity index (χ3n) is 4.32. The lowest BCUT2D eigenvalue weighted by molar-refractivity contribution is -0.114. The Morgan fingerprint density at radius 1 is 1.12 bits per heavy atom. The molecule has 2 aromatic carbocycles. The Bertz CT molecular complexity index is 888. The van der Waals surface area contributed by atoms with Gasteiger partial charge in [-0.2, -0.15) is 0 Å². The highest BCUT2D eigenvalue weighted by molar-refractivity contribution is 6.30. The second-order valence-electron chi connectivity index (χ2n) is 6.03. The lowest BCUT2D eigenvalue weighted by Crippen LogP contribution is -2.12. The van der Waals surface area contributed by atoms with Crippen LogP contribution in [0.5, 0.6) is 5.75 Å². The zero-order chi connectivity index (χ0) is 18.7. The van der Waals surface area contributed by atoms with Crippen molar-refractivity contribution in [2.24, 2.45) is 0 Å². The molecule has 0 aromatic heterocycles. The van der Waals surface area contributed by atoms with Gasteiger partial charge in [0.05, 0.1) is 12.8 Å². The number of Topliss-reactive ketones (excluding diaryl/α,β-unsaturated/α-hetero) is 1. The predicted molar refractivity (Wildman–Crippen MR) is 103 cm³/mol. The molecule has 0 radical (unpaired) electrons. The minimum Gasteiger partial charge on any atom is -0.495 e. The maximum atomic E-state index is 12.4. The molecular weight excluding hydrogens is 352 g/mol. The van der Waals surface area contributed by atoms with E-state index in [9.17, 15) is 9.59 Å². The maximum Gasteiger partial charge on any atom is 0.255 e. The van der Waals surface area contributed by atoms with Crippen LogP contribution in [0.25, 0.3) is 0 Å². The first kappa shape index (κ1) is 18.0. The molecule has 0 heterocycles. The summed E-state index contributed by atoms with van der Waals surface area (Å²) in [5, 5.41) is 6.67. The number of ether oxygens (including phenoxy) is 1. The number of allylic oxidation sites excluding steroid dienone is 2. The quantitative estimate of drug-likeness (QED) is 0.803. The molecule has 0 unspecified atom stereocenters. The lowest BCUT2D eigenvalue weighted by Gasteiger charge is -2.14. The maximum absolute atomic E-state index is 12.4. The summed E-state index contributed by atoms with van der Waals surface area (Å²) in [6, 6.07) is 12.1. The molecule has 6 heteroatoms. The van der Waals surface area contributed by atoms with Crippen LogP contribution in [0.15, 0.2) is 53.7 Å². The van der Waals surface area contributed by atoms with E-state index in [4.69, 9.17) is 16.3 Å². The molecule has 0 spiro atoms. The highest BCUT2D eigenvalue weighted by Gasteiger charge is 2.20. The molecule has 26 heavy (non-hydrogen) atoms. The molecule has 1 aliphatic rings. The van der Waals surface area contributed by atoms with Crippen LogP contribution in [0.3, 0.4) is 0 Å². The van der Waals surface area contributed by atoms with Gasteiger partial charge in [-0.05, 0) is 55.8 Å². The van der Waals surface area contributed by atoms with Crippen LogP contribution in [-0.4, -0.2) is 18.8 Å². The first-order valence-electron chi connectivity index (χ1n) is 8.23. The summed E-state index contributed by atoms with van der Waals surface area (Å²) in [4.78, 5) is 24.1. The molecule has 0 fully saturated rings. The van der Waals surface area contributed by atoms with Crippen molar-refractivity contribution >= 4 is 34.7 Å². The van der Waals surface area contributed by atoms with Gasteiger partial charge in [0.25, 0.3) is 5.91 Å². The van der Waals surface area contributed by atoms with Crippen molar-refractivity contribution in [3.63, 3.8) is 0 Å². The lowest BCUT2D eigenvalue weighted by atomic mass is 10.1. The van der Waals surface area contributed by atoms with Crippen LogP contribution < -0.4 is 15.4 Å². The molecule has 5 nitrogen and oxygen atoms in total. The average molecular weight is 371 g/mol. The van der Waals surface area contributed by atoms with Gasteiger partial charge in [0.15, 0.2) is 5.78 Å². The van der Waals surface area contributed by atoms with Gasteiger partial charge in [-0.1, -0.05) is 11.6 Å². The molecule has 0 atom stereocenters. The van der Waals surface area contributed by atoms with E-state index in [0.29, 0.717) is 34.9 Å². The third-order valence-corrected chi connectivity index (χ3v) is 4.58. The van der Waals surface area contributed by atoms with Gasteiger partial charge in [0.2, 0.25) is 0 Å². The van der Waals surface area contributed by atoms with Crippen LogP contribution in [-0.2, 0) is 4.79 Å². The van der Waals surface area contributed by atoms with Gasteiger partial charge in [0, 0.05) is 34.0 Å². The van der Waals surface area contributed by atoms with E-state index in [0.717, 1.165) is 17.0 Å². The molecule has 0 aliphatic heterocycles. The highest BCUT2D eigenvalue weighted by atomic mass is 35.5. The van der Waals surface area contributed by atoms with Gasteiger partial charge in [-0.3, -0.25) is 9.59 Å². The molecule has 1 amide bonds. The monoisotopic (exact) mass is 370 g/mol. The van der Waals surface area contributed by atoms with E-state index in [1.165, 1.54) is 0 Å². The molecular formula is C20H19ClN2O3. The number of benzene rings is 2. The number of nitrogens with one attached hydrogen (secondary N) is 2. The average Bonchev–Trinajstić information content (AvgIpc) is 2.96. The van der Waals surface area contributed by atoms with Crippen molar-refractivity contribution in [3.8, 4) is 5.75 Å². The fraction of sp³-hybridized carbons (Fsp3) is 0.200. The molecule has 1 aliphatic carbocycles. The predicted octanol–water partition coefficient (Wildman–Crippen LogP) is 4.65. The SMILES string of the molecule is COc1cc(C(=O)Nc2ccc(Cl)cc2)ccc1NC1=C(C)C(=O)CC1. The van der Waals surface area contributed by atoms with Crippen LogP contribution in [0.4, 0.5) is 11.4 Å². The number of anilines is 2. The molecule has 0 bridgehead atoms. The van der Waals surface area contributed by atoms with Crippen LogP contribution in [0, 0.1) is 0 Å². The summed E-state index contributed by atoms with van der Waals surface area (Å²) < 4.78 is 5.41. The fourth-order valence-corrected chi connectivity index (χ4v) is 2.90. The van der Waals surface area contributed by atoms with Gasteiger partial charge in [-0.25, -0.2) is 0 Å². The zero-order valence-electron chi connectivity index (χ0n) is 14.6. The van der Waals surface area contributed by atoms with Gasteiger partial charge < -0.3 is 15.4 Å². The van der Waals surface area contributed by atoms with Crippen molar-refractivity contribution in [2.45, 2.75) is 19.8 Å². The molecule has 2 N–H and O–H groups in total. The molecule has 0 saturated heterocycles. The Morgan fingerprint density at radius 2 is 1.85 bits per heavy atom. The number of carbonyl (C=O) groups is 2. The summed E-state index contributed by atoms with van der Waals surface area (Å²) in [5.74, 6) is 0.447. The third kappa shape index (κ3) is 3.89. The Kier molecular flexibility index (Phi) is 5.28. The second kappa shape index (κ2) is 7.62. The fourth-order valence-electron chi connectivity index (χ4n) is 2.77. The molecule has 2 aromatic rings. The smallest absolute Gasteiger partial charge is 0.255 e. The first-order valence-corrected chi connectivity index (χ1v) is 8.60. The number of methoxy groups -OCH3 is 1. The van der Waals surface area contributed by atoms with E-state index in [1.807, 2.05) is 6.92 Å². The number of rotatable bonds is 5. The number of ketones is 1. The van der Waals surface area contributed by atoms with Gasteiger partial charge in [0.1, 0.15) is 5.75 Å². The van der Waals surface area contributed by atoms with E-state index < -0.39 is 0 Å². The zero-order valence-corrected chi connectivity index (χ0v) is 15.3. The number of carbonyl (C=O) groups excluding carboxylic acids is 2. The van der Waals surface area contributed by atoms with Crippen LogP contribution in [0.2, 0.25) is 5.02 Å². The Hall–Kier alpha value is -2.79. The number of halogens is 1. The summed E-state index contributed by atoms with van der Waals surface area (Å²) >= 11 is 5.85. The van der Waals surface area contributed by atoms with E-state index in [-0.39, 0.29) is 11.7 Å². The van der Waals surface area contributed by atoms with Crippen LogP contribution in [0.1, 0.15) is 30.1 Å².